The molecule has 0 heterocycles. The summed E-state index contributed by atoms with van der Waals surface area (Å²) in [5.41, 5.74) is 10.6. The van der Waals surface area contributed by atoms with Crippen molar-refractivity contribution in [3.63, 3.8) is 0 Å². The number of amides is 1. The van der Waals surface area contributed by atoms with Crippen LogP contribution in [-0.4, -0.2) is 140 Å². The van der Waals surface area contributed by atoms with Crippen molar-refractivity contribution < 1.29 is 92.4 Å². The maximum atomic E-state index is 13.1. The zero-order valence-corrected chi connectivity index (χ0v) is 55.2. The van der Waals surface area contributed by atoms with Gasteiger partial charge in [0.25, 0.3) is 0 Å². The Hall–Kier alpha value is -11.8. The number of ether oxygens (including phenoxy) is 8. The molecule has 4 unspecified atom stereocenters. The Morgan fingerprint density at radius 2 is 0.706 bits per heavy atom. The molecule has 1 amide bonds. The zero-order chi connectivity index (χ0) is 71.0. The van der Waals surface area contributed by atoms with Gasteiger partial charge < -0.3 is 68.7 Å². The molecule has 20 heteroatoms. The van der Waals surface area contributed by atoms with Crippen molar-refractivity contribution in [2.45, 2.75) is 35.2 Å². The number of carbonyl (C=O) groups is 4. The third-order valence-electron chi connectivity index (χ3n) is 17.5. The van der Waals surface area contributed by atoms with Gasteiger partial charge in [0.05, 0.1) is 17.4 Å². The lowest BCUT2D eigenvalue weighted by Gasteiger charge is -2.34. The largest absolute Gasteiger partial charge is 0.507 e. The minimum Gasteiger partial charge on any atom is -0.507 e. The van der Waals surface area contributed by atoms with E-state index in [0.29, 0.717) is 23.0 Å². The summed E-state index contributed by atoms with van der Waals surface area (Å²) in [4.78, 5) is 60.9. The maximum absolute atomic E-state index is 13.1. The number of aromatic hydroxyl groups is 2. The van der Waals surface area contributed by atoms with Gasteiger partial charge in [-0.15, -0.1) is 0 Å². The van der Waals surface area contributed by atoms with Gasteiger partial charge in [0.2, 0.25) is 0 Å². The highest BCUT2D eigenvalue weighted by atomic mass is 17.2. The van der Waals surface area contributed by atoms with E-state index < -0.39 is 59.2 Å². The van der Waals surface area contributed by atoms with E-state index in [9.17, 15) is 44.7 Å². The SMILES string of the molecule is C=CC(=O)OCCNC(=O)OC(COOCC(O)COc1ccc(C2(c3ccc(OCC(O)COC(=O)c4ccccc4O)cc3)c3ccccc3-c3ccccc32)cc1)COc1ccc(C2(c3ccc(OCC(O)COC(=O)c4ccccc4O)cc3)c3ccccc3-c3ccccc32)cc1. The molecule has 4 atom stereocenters. The minimum atomic E-state index is -1.17. The van der Waals surface area contributed by atoms with Crippen LogP contribution in [0, 0.1) is 0 Å². The molecular weight excluding hydrogens is 1300 g/mol. The van der Waals surface area contributed by atoms with Crippen LogP contribution in [0.1, 0.15) is 65.2 Å². The van der Waals surface area contributed by atoms with E-state index in [-0.39, 0.29) is 88.6 Å². The zero-order valence-electron chi connectivity index (χ0n) is 55.2. The fraction of sp³-hybridized carbons (Fsp3) is 0.195. The van der Waals surface area contributed by atoms with E-state index in [2.05, 4.69) is 60.4 Å². The number of aliphatic hydroxyl groups excluding tert-OH is 3. The smallest absolute Gasteiger partial charge is 0.407 e. The molecule has 10 aromatic rings. The van der Waals surface area contributed by atoms with Gasteiger partial charge in [-0.3, -0.25) is 0 Å². The summed E-state index contributed by atoms with van der Waals surface area (Å²) in [5, 5.41) is 55.1. The fourth-order valence-corrected chi connectivity index (χ4v) is 12.9. The highest BCUT2D eigenvalue weighted by molar-refractivity contribution is 5.93. The third-order valence-corrected chi connectivity index (χ3v) is 17.5. The van der Waals surface area contributed by atoms with Crippen molar-refractivity contribution in [1.29, 1.82) is 0 Å². The second-order valence-electron chi connectivity index (χ2n) is 24.1. The number of esters is 3. The molecule has 0 aromatic heterocycles. The van der Waals surface area contributed by atoms with Crippen LogP contribution in [0.2, 0.25) is 0 Å². The summed E-state index contributed by atoms with van der Waals surface area (Å²) < 4.78 is 45.5. The first-order chi connectivity index (χ1) is 49.7. The lowest BCUT2D eigenvalue weighted by atomic mass is 9.68. The molecule has 2 aliphatic carbocycles. The normalized spacial score (nSPS) is 13.8. The second kappa shape index (κ2) is 32.5. The van der Waals surface area contributed by atoms with E-state index in [1.165, 1.54) is 24.3 Å². The van der Waals surface area contributed by atoms with E-state index in [1.54, 1.807) is 24.3 Å². The van der Waals surface area contributed by atoms with Gasteiger partial charge in [0.1, 0.15) is 123 Å². The van der Waals surface area contributed by atoms with E-state index in [1.807, 2.05) is 146 Å². The summed E-state index contributed by atoms with van der Waals surface area (Å²) in [6.45, 7) is 1.10. The number of hydrogen-bond donors (Lipinski definition) is 6. The highest BCUT2D eigenvalue weighted by Crippen LogP contribution is 2.58. The molecular formula is C82H73NO19. The molecule has 102 heavy (non-hydrogen) atoms. The number of phenols is 2. The molecule has 0 saturated heterocycles. The predicted octanol–water partition coefficient (Wildman–Crippen LogP) is 11.6. The number of carbonyl (C=O) groups excluding carboxylic acids is 4. The Kier molecular flexibility index (Phi) is 22.3. The average molecular weight is 1380 g/mol. The standard InChI is InChI=1S/C82H73NO19/c1-2-77(89)93-44-43-83-80(92)102-64(51-97-63-41-33-56(34-42-63)82(73-23-11-5-17-67(73)68-18-6-12-24-74(68)82)54-29-37-61(38-30-54)95-46-58(85)49-99-79(91)70-20-8-14-26-76(70)88)52-101-100-50-59(86)47-96-62-39-31-55(32-40-62)81(71-21-9-3-15-65(71)66-16-4-10-22-72(66)81)53-27-35-60(36-28-53)94-45-57(84)48-98-78(90)69-19-7-13-25-75(69)87/h2-42,57-59,64,84-88H,1,43-52H2,(H,83,92). The van der Waals surface area contributed by atoms with Crippen LogP contribution in [0.4, 0.5) is 4.79 Å². The molecule has 0 bridgehead atoms. The van der Waals surface area contributed by atoms with Gasteiger partial charge in [-0.2, -0.15) is 0 Å². The molecule has 0 fully saturated rings. The summed E-state index contributed by atoms with van der Waals surface area (Å²) in [5.74, 6) is -0.791. The number of fused-ring (bicyclic) bond motifs is 6. The number of benzene rings is 10. The van der Waals surface area contributed by atoms with E-state index in [0.717, 1.165) is 72.8 Å². The van der Waals surface area contributed by atoms with Gasteiger partial charge in [-0.1, -0.05) is 176 Å². The molecule has 12 rings (SSSR count). The summed E-state index contributed by atoms with van der Waals surface area (Å²) >= 11 is 0. The molecule has 0 radical (unpaired) electrons. The number of phenolic OH excluding ortho intramolecular Hbond substituents is 2. The van der Waals surface area contributed by atoms with E-state index >= 15 is 0 Å². The lowest BCUT2D eigenvalue weighted by molar-refractivity contribution is -0.315. The Morgan fingerprint density at radius 3 is 1.07 bits per heavy atom. The average Bonchev–Trinajstić information content (AvgIpc) is 1.54. The summed E-state index contributed by atoms with van der Waals surface area (Å²) in [6, 6.07) is 75.4. The maximum Gasteiger partial charge on any atom is 0.407 e. The van der Waals surface area contributed by atoms with E-state index in [4.69, 9.17) is 47.7 Å². The lowest BCUT2D eigenvalue weighted by Crippen LogP contribution is -2.36. The monoisotopic (exact) mass is 1380 g/mol. The summed E-state index contributed by atoms with van der Waals surface area (Å²) in [7, 11) is 0. The topological polar surface area (TPSA) is 274 Å². The molecule has 6 N–H and O–H groups in total. The van der Waals surface area contributed by atoms with Crippen molar-refractivity contribution in [1.82, 2.24) is 5.32 Å². The van der Waals surface area contributed by atoms with Crippen LogP contribution in [-0.2, 0) is 44.3 Å². The third kappa shape index (κ3) is 15.5. The molecule has 10 aromatic carbocycles. The van der Waals surface area contributed by atoms with Crippen molar-refractivity contribution in [3.8, 4) is 56.8 Å². The highest BCUT2D eigenvalue weighted by Gasteiger charge is 2.47. The van der Waals surface area contributed by atoms with Crippen LogP contribution < -0.4 is 24.3 Å². The Labute approximate surface area is 588 Å². The quantitative estimate of drug-likeness (QED) is 0.00571. The number of para-hydroxylation sites is 2. The van der Waals surface area contributed by atoms with Crippen LogP contribution >= 0.6 is 0 Å². The van der Waals surface area contributed by atoms with Crippen molar-refractivity contribution in [2.24, 2.45) is 0 Å². The number of aliphatic hydroxyl groups is 3. The van der Waals surface area contributed by atoms with Gasteiger partial charge in [-0.05, 0) is 140 Å². The molecule has 520 valence electrons. The van der Waals surface area contributed by atoms with Crippen molar-refractivity contribution in [3.05, 3.63) is 311 Å². The molecule has 0 aliphatic heterocycles. The number of hydrogen-bond acceptors (Lipinski definition) is 19. The summed E-state index contributed by atoms with van der Waals surface area (Å²) in [6.07, 6.45) is -4.39. The number of rotatable bonds is 32. The first-order valence-electron chi connectivity index (χ1n) is 33.0. The van der Waals surface area contributed by atoms with Gasteiger partial charge in [-0.25, -0.2) is 29.0 Å². The number of nitrogens with one attached hydrogen (secondary N) is 1. The second-order valence-corrected chi connectivity index (χ2v) is 24.1. The fourth-order valence-electron chi connectivity index (χ4n) is 12.9. The predicted molar refractivity (Wildman–Crippen MR) is 376 cm³/mol. The van der Waals surface area contributed by atoms with Crippen LogP contribution in [0.15, 0.2) is 255 Å². The van der Waals surface area contributed by atoms with Crippen LogP contribution in [0.3, 0.4) is 0 Å². The van der Waals surface area contributed by atoms with Gasteiger partial charge in [0, 0.05) is 6.08 Å². The van der Waals surface area contributed by atoms with Crippen molar-refractivity contribution in [2.75, 3.05) is 66.0 Å². The number of alkyl carbamates (subject to hydrolysis) is 1. The molecule has 2 aliphatic rings. The Morgan fingerprint density at radius 1 is 0.382 bits per heavy atom. The van der Waals surface area contributed by atoms with Gasteiger partial charge >= 0.3 is 24.0 Å². The first-order valence-corrected chi connectivity index (χ1v) is 33.0. The van der Waals surface area contributed by atoms with Gasteiger partial charge in [0.15, 0.2) is 6.10 Å². The van der Waals surface area contributed by atoms with Crippen molar-refractivity contribution >= 4 is 24.0 Å². The molecule has 0 saturated carbocycles. The first kappa shape index (κ1) is 70.1. The Bertz CT molecular complexity index is 4470. The molecule has 0 spiro atoms. The van der Waals surface area contributed by atoms with Crippen LogP contribution in [0.5, 0.6) is 34.5 Å². The van der Waals surface area contributed by atoms with Crippen LogP contribution in [0.25, 0.3) is 22.3 Å². The Balaban J connectivity index is 0.681. The minimum absolute atomic E-state index is 0.00926. The molecule has 20 nitrogen and oxygen atoms in total.